The number of fused-ring (bicyclic) bond motifs is 2. The lowest BCUT2D eigenvalue weighted by Gasteiger charge is -2.27. The van der Waals surface area contributed by atoms with E-state index < -0.39 is 5.60 Å². The number of hydrogen-bond acceptors (Lipinski definition) is 4. The summed E-state index contributed by atoms with van der Waals surface area (Å²) in [4.78, 5) is 16.3. The van der Waals surface area contributed by atoms with Crippen LogP contribution < -0.4 is 5.32 Å². The number of nitrogens with zero attached hydrogens (tertiary/aromatic N) is 2. The zero-order valence-corrected chi connectivity index (χ0v) is 14.6. The highest BCUT2D eigenvalue weighted by atomic mass is 35.5. The molecule has 0 aliphatic heterocycles. The second-order valence-corrected chi connectivity index (χ2v) is 7.73. The minimum absolute atomic E-state index is 0.110. The molecular formula is C19H17ClN4O2. The van der Waals surface area contributed by atoms with Crippen molar-refractivity contribution in [2.45, 2.75) is 24.5 Å². The molecular weight excluding hydrogens is 352 g/mol. The fourth-order valence-corrected chi connectivity index (χ4v) is 4.65. The van der Waals surface area contributed by atoms with Crippen LogP contribution in [0.3, 0.4) is 0 Å². The Morgan fingerprint density at radius 2 is 2.12 bits per heavy atom. The molecule has 2 aliphatic rings. The van der Waals surface area contributed by atoms with Gasteiger partial charge in [-0.3, -0.25) is 14.9 Å². The molecule has 1 aromatic carbocycles. The number of benzene rings is 1. The zero-order chi connectivity index (χ0) is 17.9. The van der Waals surface area contributed by atoms with Crippen LogP contribution in [-0.2, 0) is 5.60 Å². The molecule has 2 saturated carbocycles. The maximum atomic E-state index is 12.3. The number of carbonyl (C=O) groups excluding carboxylic acids is 1. The molecule has 2 aliphatic carbocycles. The summed E-state index contributed by atoms with van der Waals surface area (Å²) in [5.41, 5.74) is 1.27. The van der Waals surface area contributed by atoms with Crippen molar-refractivity contribution in [3.05, 3.63) is 59.0 Å². The molecule has 7 heteroatoms. The molecule has 2 aromatic heterocycles. The van der Waals surface area contributed by atoms with E-state index in [1.807, 2.05) is 12.1 Å². The van der Waals surface area contributed by atoms with E-state index in [-0.39, 0.29) is 23.8 Å². The molecule has 0 spiro atoms. The van der Waals surface area contributed by atoms with Gasteiger partial charge in [-0.2, -0.15) is 5.10 Å². The van der Waals surface area contributed by atoms with Gasteiger partial charge in [0, 0.05) is 28.8 Å². The maximum absolute atomic E-state index is 12.3. The first-order valence-corrected chi connectivity index (χ1v) is 8.99. The number of rotatable bonds is 3. The number of aromatic nitrogens is 3. The lowest BCUT2D eigenvalue weighted by Crippen LogP contribution is -2.33. The highest BCUT2D eigenvalue weighted by Gasteiger charge is 2.62. The van der Waals surface area contributed by atoms with E-state index in [4.69, 9.17) is 11.6 Å². The largest absolute Gasteiger partial charge is 0.385 e. The van der Waals surface area contributed by atoms with Crippen LogP contribution in [-0.4, -0.2) is 32.2 Å². The van der Waals surface area contributed by atoms with E-state index in [1.54, 1.807) is 30.7 Å². The van der Waals surface area contributed by atoms with Crippen molar-refractivity contribution >= 4 is 28.4 Å². The van der Waals surface area contributed by atoms with E-state index in [0.29, 0.717) is 23.4 Å². The van der Waals surface area contributed by atoms with Crippen molar-refractivity contribution in [2.24, 2.45) is 11.8 Å². The number of halogens is 1. The number of aliphatic hydroxyl groups is 1. The standard InChI is InChI=1S/C19H17ClN4O2/c20-11-4-15(14-9-22-24-16(14)5-11)19(26)6-12-13(7-19)17(12)23-18(25)10-2-1-3-21-8-10/h1-5,8-9,12-13,17,26H,6-7H2,(H,22,24)(H,23,25)/t12-,13+,17?,19+. The predicted octanol–water partition coefficient (Wildman–Crippen LogP) is 2.64. The Bertz CT molecular complexity index is 991. The average molecular weight is 369 g/mol. The SMILES string of the molecule is O=C(NC1[C@H]2C[C@](O)(c3cc(Cl)cc4[nH]ncc34)C[C@@H]12)c1cccnc1. The van der Waals surface area contributed by atoms with Gasteiger partial charge in [0.15, 0.2) is 0 Å². The lowest BCUT2D eigenvalue weighted by atomic mass is 9.86. The highest BCUT2D eigenvalue weighted by molar-refractivity contribution is 6.31. The topological polar surface area (TPSA) is 90.9 Å². The van der Waals surface area contributed by atoms with Gasteiger partial charge in [-0.25, -0.2) is 0 Å². The number of amides is 1. The third-order valence-electron chi connectivity index (χ3n) is 5.72. The smallest absolute Gasteiger partial charge is 0.253 e. The molecule has 3 N–H and O–H groups in total. The Morgan fingerprint density at radius 3 is 2.85 bits per heavy atom. The highest BCUT2D eigenvalue weighted by Crippen LogP contribution is 2.60. The molecule has 26 heavy (non-hydrogen) atoms. The first-order chi connectivity index (χ1) is 12.5. The number of hydrogen-bond donors (Lipinski definition) is 3. The minimum atomic E-state index is -0.933. The molecule has 4 atom stereocenters. The van der Waals surface area contributed by atoms with E-state index in [0.717, 1.165) is 16.5 Å². The second kappa shape index (κ2) is 5.53. The van der Waals surface area contributed by atoms with Crippen molar-refractivity contribution in [1.29, 1.82) is 0 Å². The van der Waals surface area contributed by atoms with Gasteiger partial charge < -0.3 is 10.4 Å². The van der Waals surface area contributed by atoms with Crippen molar-refractivity contribution in [1.82, 2.24) is 20.5 Å². The summed E-state index contributed by atoms with van der Waals surface area (Å²) in [5, 5.41) is 22.8. The third-order valence-corrected chi connectivity index (χ3v) is 5.94. The quantitative estimate of drug-likeness (QED) is 0.662. The second-order valence-electron chi connectivity index (χ2n) is 7.29. The summed E-state index contributed by atoms with van der Waals surface area (Å²) in [5.74, 6) is 0.448. The summed E-state index contributed by atoms with van der Waals surface area (Å²) in [6, 6.07) is 7.24. The Hall–Kier alpha value is -2.44. The number of aromatic amines is 1. The fraction of sp³-hybridized carbons (Fsp3) is 0.316. The van der Waals surface area contributed by atoms with Crippen molar-refractivity contribution in [3.63, 3.8) is 0 Å². The molecule has 0 radical (unpaired) electrons. The van der Waals surface area contributed by atoms with Gasteiger partial charge in [-0.05, 0) is 54.5 Å². The van der Waals surface area contributed by atoms with Gasteiger partial charge in [-0.15, -0.1) is 0 Å². The molecule has 1 amide bonds. The molecule has 6 nitrogen and oxygen atoms in total. The van der Waals surface area contributed by atoms with Gasteiger partial charge >= 0.3 is 0 Å². The Labute approximate surface area is 154 Å². The molecule has 5 rings (SSSR count). The van der Waals surface area contributed by atoms with Gasteiger partial charge in [-0.1, -0.05) is 11.6 Å². The van der Waals surface area contributed by atoms with E-state index in [2.05, 4.69) is 20.5 Å². The Balaban J connectivity index is 1.34. The summed E-state index contributed by atoms with van der Waals surface area (Å²) >= 11 is 6.21. The molecule has 0 saturated heterocycles. The van der Waals surface area contributed by atoms with Crippen LogP contribution in [0.15, 0.2) is 42.9 Å². The van der Waals surface area contributed by atoms with E-state index in [1.165, 1.54) is 0 Å². The van der Waals surface area contributed by atoms with Gasteiger partial charge in [0.1, 0.15) is 0 Å². The fourth-order valence-electron chi connectivity index (χ4n) is 4.43. The number of pyridine rings is 1. The van der Waals surface area contributed by atoms with Crippen molar-refractivity contribution < 1.29 is 9.90 Å². The zero-order valence-electron chi connectivity index (χ0n) is 13.8. The minimum Gasteiger partial charge on any atom is -0.385 e. The average Bonchev–Trinajstić information content (AvgIpc) is 3.01. The van der Waals surface area contributed by atoms with Crippen molar-refractivity contribution in [3.8, 4) is 0 Å². The first-order valence-electron chi connectivity index (χ1n) is 8.61. The number of nitrogens with one attached hydrogen (secondary N) is 2. The van der Waals surface area contributed by atoms with Crippen LogP contribution in [0, 0.1) is 11.8 Å². The molecule has 1 unspecified atom stereocenters. The predicted molar refractivity (Wildman–Crippen MR) is 96.7 cm³/mol. The third kappa shape index (κ3) is 2.40. The van der Waals surface area contributed by atoms with E-state index >= 15 is 0 Å². The van der Waals surface area contributed by atoms with Crippen LogP contribution in [0.25, 0.3) is 10.9 Å². The maximum Gasteiger partial charge on any atom is 0.253 e. The van der Waals surface area contributed by atoms with Crippen LogP contribution in [0.1, 0.15) is 28.8 Å². The summed E-state index contributed by atoms with van der Waals surface area (Å²) < 4.78 is 0. The first kappa shape index (κ1) is 15.8. The number of carbonyl (C=O) groups is 1. The van der Waals surface area contributed by atoms with Gasteiger partial charge in [0.05, 0.1) is 22.9 Å². The Morgan fingerprint density at radius 1 is 1.31 bits per heavy atom. The Kier molecular flexibility index (Phi) is 3.36. The van der Waals surface area contributed by atoms with E-state index in [9.17, 15) is 9.90 Å². The van der Waals surface area contributed by atoms with Gasteiger partial charge in [0.2, 0.25) is 0 Å². The summed E-state index contributed by atoms with van der Waals surface area (Å²) in [7, 11) is 0. The van der Waals surface area contributed by atoms with Crippen LogP contribution >= 0.6 is 11.6 Å². The molecule has 2 fully saturated rings. The van der Waals surface area contributed by atoms with Crippen LogP contribution in [0.4, 0.5) is 0 Å². The van der Waals surface area contributed by atoms with Crippen LogP contribution in [0.5, 0.6) is 0 Å². The molecule has 2 heterocycles. The van der Waals surface area contributed by atoms with Crippen LogP contribution in [0.2, 0.25) is 5.02 Å². The normalized spacial score (nSPS) is 29.5. The molecule has 3 aromatic rings. The molecule has 132 valence electrons. The summed E-state index contributed by atoms with van der Waals surface area (Å²) in [6.45, 7) is 0. The van der Waals surface area contributed by atoms with Crippen molar-refractivity contribution in [2.75, 3.05) is 0 Å². The van der Waals surface area contributed by atoms with Gasteiger partial charge in [0.25, 0.3) is 5.91 Å². The summed E-state index contributed by atoms with van der Waals surface area (Å²) in [6.07, 6.45) is 6.15. The molecule has 0 bridgehead atoms. The lowest BCUT2D eigenvalue weighted by molar-refractivity contribution is 0.0293. The monoisotopic (exact) mass is 368 g/mol. The number of H-pyrrole nitrogens is 1.